The molecule has 0 aromatic heterocycles. The summed E-state index contributed by atoms with van der Waals surface area (Å²) in [4.78, 5) is 11.4. The minimum Gasteiger partial charge on any atom is -0.461 e. The van der Waals surface area contributed by atoms with Gasteiger partial charge in [-0.2, -0.15) is 0 Å². The lowest BCUT2D eigenvalue weighted by Gasteiger charge is -2.08. The van der Waals surface area contributed by atoms with Crippen LogP contribution in [0.2, 0.25) is 0 Å². The summed E-state index contributed by atoms with van der Waals surface area (Å²) in [7, 11) is 0. The van der Waals surface area contributed by atoms with Crippen LogP contribution in [0.15, 0.2) is 48.5 Å². The zero-order valence-electron chi connectivity index (χ0n) is 12.2. The monoisotopic (exact) mass is 268 g/mol. The second kappa shape index (κ2) is 6.38. The van der Waals surface area contributed by atoms with E-state index in [-0.39, 0.29) is 11.9 Å². The lowest BCUT2D eigenvalue weighted by molar-refractivity contribution is -0.148. The second-order valence-electron chi connectivity index (χ2n) is 5.33. The normalized spacial score (nSPS) is 10.6. The van der Waals surface area contributed by atoms with Crippen LogP contribution in [0.3, 0.4) is 0 Å². The first-order chi connectivity index (χ1) is 9.56. The zero-order chi connectivity index (χ0) is 14.5. The third-order valence-electron chi connectivity index (χ3n) is 3.19. The molecule has 0 bridgehead atoms. The van der Waals surface area contributed by atoms with Crippen molar-refractivity contribution in [2.45, 2.75) is 27.4 Å². The van der Waals surface area contributed by atoms with Crippen LogP contribution >= 0.6 is 0 Å². The van der Waals surface area contributed by atoms with E-state index in [1.165, 1.54) is 16.7 Å². The van der Waals surface area contributed by atoms with Crippen LogP contribution in [0.1, 0.15) is 25.0 Å². The highest BCUT2D eigenvalue weighted by Crippen LogP contribution is 2.20. The molecule has 2 aromatic carbocycles. The lowest BCUT2D eigenvalue weighted by Crippen LogP contribution is -2.11. The average molecular weight is 268 g/mol. The molecule has 2 heteroatoms. The number of aryl methyl sites for hydroxylation is 1. The van der Waals surface area contributed by atoms with Gasteiger partial charge in [-0.05, 0) is 23.6 Å². The number of hydrogen-bond acceptors (Lipinski definition) is 2. The Morgan fingerprint density at radius 2 is 1.45 bits per heavy atom. The third kappa shape index (κ3) is 3.70. The van der Waals surface area contributed by atoms with Gasteiger partial charge in [0.05, 0.1) is 5.92 Å². The SMILES string of the molecule is Cc1ccc(-c2ccc(COC(=O)C(C)C)cc2)cc1. The van der Waals surface area contributed by atoms with Crippen LogP contribution < -0.4 is 0 Å². The fourth-order valence-electron chi connectivity index (χ4n) is 1.86. The maximum absolute atomic E-state index is 11.4. The number of ether oxygens (including phenoxy) is 1. The first-order valence-corrected chi connectivity index (χ1v) is 6.89. The molecule has 104 valence electrons. The summed E-state index contributed by atoms with van der Waals surface area (Å²) in [5.74, 6) is -0.241. The molecule has 0 fully saturated rings. The van der Waals surface area contributed by atoms with Gasteiger partial charge in [0.25, 0.3) is 0 Å². The van der Waals surface area contributed by atoms with Crippen molar-refractivity contribution in [3.05, 3.63) is 59.7 Å². The first-order valence-electron chi connectivity index (χ1n) is 6.89. The Morgan fingerprint density at radius 3 is 1.95 bits per heavy atom. The van der Waals surface area contributed by atoms with Gasteiger partial charge in [0.2, 0.25) is 0 Å². The van der Waals surface area contributed by atoms with Gasteiger partial charge < -0.3 is 4.74 Å². The number of carbonyl (C=O) groups is 1. The van der Waals surface area contributed by atoms with E-state index in [0.717, 1.165) is 5.56 Å². The first kappa shape index (κ1) is 14.3. The predicted molar refractivity (Wildman–Crippen MR) is 81.2 cm³/mol. The second-order valence-corrected chi connectivity index (χ2v) is 5.33. The smallest absolute Gasteiger partial charge is 0.308 e. The van der Waals surface area contributed by atoms with E-state index in [9.17, 15) is 4.79 Å². The van der Waals surface area contributed by atoms with Gasteiger partial charge in [0.1, 0.15) is 6.61 Å². The molecule has 0 aliphatic heterocycles. The Kier molecular flexibility index (Phi) is 4.57. The van der Waals surface area contributed by atoms with Gasteiger partial charge in [-0.15, -0.1) is 0 Å². The van der Waals surface area contributed by atoms with E-state index in [1.54, 1.807) is 0 Å². The lowest BCUT2D eigenvalue weighted by atomic mass is 10.0. The molecule has 0 spiro atoms. The number of esters is 1. The van der Waals surface area contributed by atoms with Crippen molar-refractivity contribution in [3.63, 3.8) is 0 Å². The number of rotatable bonds is 4. The molecule has 0 aliphatic carbocycles. The summed E-state index contributed by atoms with van der Waals surface area (Å²) >= 11 is 0. The topological polar surface area (TPSA) is 26.3 Å². The molecule has 0 saturated heterocycles. The van der Waals surface area contributed by atoms with E-state index in [1.807, 2.05) is 26.0 Å². The quantitative estimate of drug-likeness (QED) is 0.770. The molecule has 2 nitrogen and oxygen atoms in total. The highest BCUT2D eigenvalue weighted by molar-refractivity contribution is 5.71. The Bertz CT molecular complexity index is 565. The average Bonchev–Trinajstić information content (AvgIpc) is 2.46. The number of benzene rings is 2. The summed E-state index contributed by atoms with van der Waals surface area (Å²) in [6.45, 7) is 6.09. The molecule has 0 N–H and O–H groups in total. The van der Waals surface area contributed by atoms with Gasteiger partial charge in [0.15, 0.2) is 0 Å². The molecular formula is C18H20O2. The van der Waals surface area contributed by atoms with Crippen LogP contribution in [-0.4, -0.2) is 5.97 Å². The van der Waals surface area contributed by atoms with Crippen molar-refractivity contribution in [3.8, 4) is 11.1 Å². The third-order valence-corrected chi connectivity index (χ3v) is 3.19. The van der Waals surface area contributed by atoms with Crippen molar-refractivity contribution in [2.75, 3.05) is 0 Å². The van der Waals surface area contributed by atoms with Crippen LogP contribution in [0.4, 0.5) is 0 Å². The Morgan fingerprint density at radius 1 is 0.950 bits per heavy atom. The molecule has 0 saturated carbocycles. The summed E-state index contributed by atoms with van der Waals surface area (Å²) in [5.41, 5.74) is 4.63. The van der Waals surface area contributed by atoms with Crippen molar-refractivity contribution >= 4 is 5.97 Å². The highest BCUT2D eigenvalue weighted by Gasteiger charge is 2.08. The molecule has 2 rings (SSSR count). The Hall–Kier alpha value is -2.09. The molecule has 20 heavy (non-hydrogen) atoms. The van der Waals surface area contributed by atoms with Gasteiger partial charge in [-0.3, -0.25) is 4.79 Å². The van der Waals surface area contributed by atoms with Crippen molar-refractivity contribution < 1.29 is 9.53 Å². The molecule has 0 aliphatic rings. The van der Waals surface area contributed by atoms with Crippen LogP contribution in [0.25, 0.3) is 11.1 Å². The predicted octanol–water partition coefficient (Wildman–Crippen LogP) is 4.36. The van der Waals surface area contributed by atoms with E-state index in [0.29, 0.717) is 6.61 Å². The van der Waals surface area contributed by atoms with E-state index >= 15 is 0 Å². The minimum absolute atomic E-state index is 0.0816. The van der Waals surface area contributed by atoms with Gasteiger partial charge in [0, 0.05) is 0 Å². The summed E-state index contributed by atoms with van der Waals surface area (Å²) < 4.78 is 5.21. The summed E-state index contributed by atoms with van der Waals surface area (Å²) in [6.07, 6.45) is 0. The van der Waals surface area contributed by atoms with Gasteiger partial charge in [-0.25, -0.2) is 0 Å². The van der Waals surface area contributed by atoms with Gasteiger partial charge in [-0.1, -0.05) is 67.9 Å². The summed E-state index contributed by atoms with van der Waals surface area (Å²) in [6, 6.07) is 16.6. The maximum Gasteiger partial charge on any atom is 0.308 e. The Labute approximate surface area is 120 Å². The molecule has 2 aromatic rings. The molecule has 0 radical (unpaired) electrons. The highest BCUT2D eigenvalue weighted by atomic mass is 16.5. The molecule has 0 amide bonds. The van der Waals surface area contributed by atoms with Crippen molar-refractivity contribution in [1.82, 2.24) is 0 Å². The maximum atomic E-state index is 11.4. The van der Waals surface area contributed by atoms with Crippen LogP contribution in [0.5, 0.6) is 0 Å². The van der Waals surface area contributed by atoms with Crippen LogP contribution in [0, 0.1) is 12.8 Å². The Balaban J connectivity index is 2.03. The van der Waals surface area contributed by atoms with E-state index in [2.05, 4.69) is 43.3 Å². The standard InChI is InChI=1S/C18H20O2/c1-13(2)18(19)20-12-15-6-10-17(11-7-15)16-8-4-14(3)5-9-16/h4-11,13H,12H2,1-3H3. The fourth-order valence-corrected chi connectivity index (χ4v) is 1.86. The largest absolute Gasteiger partial charge is 0.461 e. The summed E-state index contributed by atoms with van der Waals surface area (Å²) in [5, 5.41) is 0. The molecule has 0 unspecified atom stereocenters. The van der Waals surface area contributed by atoms with Gasteiger partial charge >= 0.3 is 5.97 Å². The van der Waals surface area contributed by atoms with E-state index in [4.69, 9.17) is 4.74 Å². The number of carbonyl (C=O) groups excluding carboxylic acids is 1. The van der Waals surface area contributed by atoms with Crippen LogP contribution in [-0.2, 0) is 16.1 Å². The molecule has 0 heterocycles. The molecule has 0 atom stereocenters. The minimum atomic E-state index is -0.160. The zero-order valence-corrected chi connectivity index (χ0v) is 12.2. The number of hydrogen-bond donors (Lipinski definition) is 0. The van der Waals surface area contributed by atoms with Crippen molar-refractivity contribution in [2.24, 2.45) is 5.92 Å². The van der Waals surface area contributed by atoms with Crippen molar-refractivity contribution in [1.29, 1.82) is 0 Å². The van der Waals surface area contributed by atoms with E-state index < -0.39 is 0 Å². The molecular weight excluding hydrogens is 248 g/mol. The fraction of sp³-hybridized carbons (Fsp3) is 0.278.